The Morgan fingerprint density at radius 1 is 1.21 bits per heavy atom. The van der Waals surface area contributed by atoms with E-state index in [0.717, 1.165) is 27.9 Å². The lowest BCUT2D eigenvalue weighted by molar-refractivity contribution is -0.120. The number of carbonyl (C=O) groups is 1. The molecule has 0 saturated heterocycles. The van der Waals surface area contributed by atoms with Crippen LogP contribution in [0.15, 0.2) is 36.4 Å². The Morgan fingerprint density at radius 2 is 1.89 bits per heavy atom. The smallest absolute Gasteiger partial charge is 0.224 e. The molecule has 0 fully saturated rings. The molecule has 0 aliphatic heterocycles. The van der Waals surface area contributed by atoms with Crippen molar-refractivity contribution in [2.75, 3.05) is 13.2 Å². The Hall–Kier alpha value is -2.41. The van der Waals surface area contributed by atoms with Crippen molar-refractivity contribution in [2.45, 2.75) is 20.3 Å². The highest BCUT2D eigenvalue weighted by atomic mass is 35.5. The molecule has 28 heavy (non-hydrogen) atoms. The number of amides is 1. The number of nitrogens with one attached hydrogen (secondary N) is 1. The maximum absolute atomic E-state index is 12.3. The molecule has 0 aliphatic rings. The fourth-order valence-corrected chi connectivity index (χ4v) is 3.75. The van der Waals surface area contributed by atoms with Gasteiger partial charge in [-0.05, 0) is 31.5 Å². The van der Waals surface area contributed by atoms with Gasteiger partial charge < -0.3 is 20.1 Å². The molecular formula is C21H21ClN2O3S. The number of aliphatic hydroxyl groups excluding tert-OH is 1. The summed E-state index contributed by atoms with van der Waals surface area (Å²) in [6, 6.07) is 11.1. The molecule has 146 valence electrons. The molecule has 1 aromatic heterocycles. The predicted molar refractivity (Wildman–Crippen MR) is 115 cm³/mol. The second-order valence-corrected chi connectivity index (χ2v) is 7.44. The minimum atomic E-state index is -0.216. The van der Waals surface area contributed by atoms with Crippen molar-refractivity contribution in [3.8, 4) is 5.75 Å². The summed E-state index contributed by atoms with van der Waals surface area (Å²) in [5, 5.41) is 22.6. The summed E-state index contributed by atoms with van der Waals surface area (Å²) < 4.78 is 1.88. The lowest BCUT2D eigenvalue weighted by atomic mass is 10.1. The van der Waals surface area contributed by atoms with Crippen LogP contribution in [0.3, 0.4) is 0 Å². The average molecular weight is 417 g/mol. The molecule has 3 N–H and O–H groups in total. The summed E-state index contributed by atoms with van der Waals surface area (Å²) >= 11 is 11.9. The summed E-state index contributed by atoms with van der Waals surface area (Å²) in [7, 11) is 0. The highest BCUT2D eigenvalue weighted by Crippen LogP contribution is 2.35. The molecular weight excluding hydrogens is 396 g/mol. The second-order valence-electron chi connectivity index (χ2n) is 6.64. The van der Waals surface area contributed by atoms with Gasteiger partial charge >= 0.3 is 0 Å². The largest absolute Gasteiger partial charge is 0.506 e. The summed E-state index contributed by atoms with van der Waals surface area (Å²) in [6.45, 7) is 3.96. The number of nitrogens with zero attached hydrogens (tertiary/aromatic N) is 1. The van der Waals surface area contributed by atoms with Crippen LogP contribution in [0.1, 0.15) is 22.4 Å². The first-order valence-corrected chi connectivity index (χ1v) is 9.63. The Labute approximate surface area is 173 Å². The number of carbonyl (C=O) groups excluding carboxylic acids is 1. The van der Waals surface area contributed by atoms with Crippen molar-refractivity contribution >= 4 is 45.6 Å². The van der Waals surface area contributed by atoms with Crippen molar-refractivity contribution < 1.29 is 15.0 Å². The van der Waals surface area contributed by atoms with Gasteiger partial charge in [-0.25, -0.2) is 0 Å². The molecule has 0 unspecified atom stereocenters. The van der Waals surface area contributed by atoms with E-state index in [1.807, 2.05) is 42.7 Å². The summed E-state index contributed by atoms with van der Waals surface area (Å²) in [5.74, 6) is -0.267. The van der Waals surface area contributed by atoms with Crippen LogP contribution in [0.2, 0.25) is 5.02 Å². The molecule has 0 atom stereocenters. The van der Waals surface area contributed by atoms with Crippen LogP contribution in [-0.2, 0) is 11.2 Å². The number of phenolic OH excluding ortho intramolecular Hbond substituents is 1. The number of hydrogen-bond donors (Lipinski definition) is 3. The molecule has 3 rings (SSSR count). The van der Waals surface area contributed by atoms with E-state index in [-0.39, 0.29) is 36.3 Å². The number of aryl methyl sites for hydroxylation is 1. The lowest BCUT2D eigenvalue weighted by Gasteiger charge is -2.11. The van der Waals surface area contributed by atoms with E-state index in [4.69, 9.17) is 28.9 Å². The maximum atomic E-state index is 12.3. The summed E-state index contributed by atoms with van der Waals surface area (Å²) in [6.07, 6.45) is 0.104. The SMILES string of the molecule is Cc1ccc(C(=S)n2c(C)c(CC(=O)NCCO)c3cc(O)c(Cl)cc32)cc1. The molecule has 1 heterocycles. The summed E-state index contributed by atoms with van der Waals surface area (Å²) in [4.78, 5) is 12.8. The van der Waals surface area contributed by atoms with Gasteiger partial charge in [0.15, 0.2) is 0 Å². The third-order valence-corrected chi connectivity index (χ3v) is 5.40. The van der Waals surface area contributed by atoms with Crippen LogP contribution >= 0.6 is 23.8 Å². The second kappa shape index (κ2) is 8.31. The Balaban J connectivity index is 2.15. The predicted octanol–water partition coefficient (Wildman–Crippen LogP) is 3.49. The van der Waals surface area contributed by atoms with Crippen LogP contribution in [0, 0.1) is 13.8 Å². The number of hydrogen-bond acceptors (Lipinski definition) is 4. The molecule has 5 nitrogen and oxygen atoms in total. The maximum Gasteiger partial charge on any atom is 0.224 e. The van der Waals surface area contributed by atoms with Crippen molar-refractivity contribution in [1.82, 2.24) is 9.88 Å². The fourth-order valence-electron chi connectivity index (χ4n) is 3.22. The number of halogens is 1. The van der Waals surface area contributed by atoms with Gasteiger partial charge in [0.25, 0.3) is 0 Å². The minimum absolute atomic E-state index is 0.0513. The van der Waals surface area contributed by atoms with E-state index in [1.165, 1.54) is 0 Å². The Kier molecular flexibility index (Phi) is 6.03. The van der Waals surface area contributed by atoms with E-state index in [0.29, 0.717) is 10.4 Å². The van der Waals surface area contributed by atoms with E-state index < -0.39 is 0 Å². The first-order valence-electron chi connectivity index (χ1n) is 8.84. The first kappa shape index (κ1) is 20.3. The van der Waals surface area contributed by atoms with Crippen LogP contribution in [0.25, 0.3) is 10.9 Å². The molecule has 3 aromatic rings. The van der Waals surface area contributed by atoms with Gasteiger partial charge in [0.1, 0.15) is 10.7 Å². The zero-order valence-corrected chi connectivity index (χ0v) is 17.2. The number of benzene rings is 2. The van der Waals surface area contributed by atoms with Gasteiger partial charge in [0.2, 0.25) is 5.91 Å². The molecule has 0 spiro atoms. The van der Waals surface area contributed by atoms with Gasteiger partial charge in [-0.1, -0.05) is 53.6 Å². The van der Waals surface area contributed by atoms with Crippen molar-refractivity contribution in [1.29, 1.82) is 0 Å². The third-order valence-electron chi connectivity index (χ3n) is 4.68. The van der Waals surface area contributed by atoms with Crippen LogP contribution in [0.5, 0.6) is 5.75 Å². The van der Waals surface area contributed by atoms with Crippen molar-refractivity contribution in [2.24, 2.45) is 0 Å². The lowest BCUT2D eigenvalue weighted by Crippen LogP contribution is -2.28. The number of phenols is 1. The highest BCUT2D eigenvalue weighted by molar-refractivity contribution is 7.80. The van der Waals surface area contributed by atoms with Gasteiger partial charge in [0.05, 0.1) is 23.6 Å². The average Bonchev–Trinajstić information content (AvgIpc) is 2.91. The molecule has 0 saturated carbocycles. The zero-order valence-electron chi connectivity index (χ0n) is 15.6. The van der Waals surface area contributed by atoms with Gasteiger partial charge in [0, 0.05) is 23.2 Å². The van der Waals surface area contributed by atoms with E-state index in [9.17, 15) is 9.90 Å². The van der Waals surface area contributed by atoms with Crippen molar-refractivity contribution in [3.63, 3.8) is 0 Å². The molecule has 1 amide bonds. The Morgan fingerprint density at radius 3 is 2.54 bits per heavy atom. The fraction of sp³-hybridized carbons (Fsp3) is 0.238. The van der Waals surface area contributed by atoms with Gasteiger partial charge in [-0.3, -0.25) is 4.79 Å². The van der Waals surface area contributed by atoms with E-state index in [2.05, 4.69) is 5.32 Å². The number of aliphatic hydroxyl groups is 1. The number of aromatic hydroxyl groups is 1. The molecule has 0 bridgehead atoms. The standard InChI is InChI=1S/C21H21ClN2O3S/c1-12-3-5-14(6-4-12)21(28)24-13(2)15(10-20(27)23-7-8-25)16-9-19(26)17(22)11-18(16)24/h3-6,9,11,25-26H,7-8,10H2,1-2H3,(H,23,27). The minimum Gasteiger partial charge on any atom is -0.506 e. The Bertz CT molecular complexity index is 1060. The molecule has 0 radical (unpaired) electrons. The zero-order chi connectivity index (χ0) is 20.4. The third kappa shape index (κ3) is 3.90. The van der Waals surface area contributed by atoms with Crippen LogP contribution in [0.4, 0.5) is 0 Å². The van der Waals surface area contributed by atoms with Crippen LogP contribution in [-0.4, -0.2) is 38.8 Å². The van der Waals surface area contributed by atoms with E-state index in [1.54, 1.807) is 12.1 Å². The monoisotopic (exact) mass is 416 g/mol. The van der Waals surface area contributed by atoms with Gasteiger partial charge in [-0.2, -0.15) is 0 Å². The number of aromatic nitrogens is 1. The molecule has 0 aliphatic carbocycles. The van der Waals surface area contributed by atoms with E-state index >= 15 is 0 Å². The number of thiocarbonyl (C=S) groups is 1. The number of fused-ring (bicyclic) bond motifs is 1. The topological polar surface area (TPSA) is 74.5 Å². The molecule has 7 heteroatoms. The number of rotatable bonds is 5. The highest BCUT2D eigenvalue weighted by Gasteiger charge is 2.21. The van der Waals surface area contributed by atoms with Crippen LogP contribution < -0.4 is 5.32 Å². The van der Waals surface area contributed by atoms with Crippen molar-refractivity contribution in [3.05, 3.63) is 63.8 Å². The first-order chi connectivity index (χ1) is 13.3. The van der Waals surface area contributed by atoms with Gasteiger partial charge in [-0.15, -0.1) is 0 Å². The quantitative estimate of drug-likeness (QED) is 0.556. The normalized spacial score (nSPS) is 11.0. The molecule has 2 aromatic carbocycles. The summed E-state index contributed by atoms with van der Waals surface area (Å²) in [5.41, 5.74) is 4.31.